The first-order valence-corrected chi connectivity index (χ1v) is 12.4. The van der Waals surface area contributed by atoms with Crippen LogP contribution in [0.15, 0.2) is 79.0 Å². The second-order valence-electron chi connectivity index (χ2n) is 9.09. The van der Waals surface area contributed by atoms with E-state index in [-0.39, 0.29) is 24.2 Å². The predicted octanol–water partition coefficient (Wildman–Crippen LogP) is 5.74. The number of fused-ring (bicyclic) bond motifs is 1. The average Bonchev–Trinajstić information content (AvgIpc) is 3.30. The van der Waals surface area contributed by atoms with Crippen LogP contribution in [0.2, 0.25) is 0 Å². The number of halogens is 1. The number of carbonyl (C=O) groups is 2. The molecule has 36 heavy (non-hydrogen) atoms. The number of aromatic amines is 1. The van der Waals surface area contributed by atoms with Crippen LogP contribution in [0.3, 0.4) is 0 Å². The van der Waals surface area contributed by atoms with Crippen molar-refractivity contribution in [3.8, 4) is 0 Å². The second-order valence-corrected chi connectivity index (χ2v) is 9.09. The molecule has 0 unspecified atom stereocenters. The van der Waals surface area contributed by atoms with E-state index in [1.807, 2.05) is 56.4 Å². The fourth-order valence-electron chi connectivity index (χ4n) is 4.46. The monoisotopic (exact) mass is 485 g/mol. The molecule has 186 valence electrons. The number of benzene rings is 3. The van der Waals surface area contributed by atoms with E-state index in [2.05, 4.69) is 11.1 Å². The van der Waals surface area contributed by atoms with Crippen molar-refractivity contribution in [2.75, 3.05) is 19.6 Å². The molecule has 3 aromatic carbocycles. The maximum absolute atomic E-state index is 13.6. The number of aryl methyl sites for hydroxylation is 1. The number of hydrogen-bond donors (Lipinski definition) is 1. The van der Waals surface area contributed by atoms with Crippen LogP contribution in [0.1, 0.15) is 40.4 Å². The SMILES string of the molecule is CCCN(CC(=O)N(CCc1c[nH]c2ccccc12)Cc1ccc(F)cc1)C(=O)c1ccccc1C. The molecule has 6 heteroatoms. The standard InChI is InChI=1S/C30H32FN3O2/c1-3-17-34(30(36)26-9-5-4-8-22(26)2)21-29(35)33(20-23-12-14-25(31)15-13-23)18-16-24-19-32-28-11-7-6-10-27(24)28/h4-15,19,32H,3,16-18,20-21H2,1-2H3. The van der Waals surface area contributed by atoms with Gasteiger partial charge in [-0.2, -0.15) is 0 Å². The lowest BCUT2D eigenvalue weighted by Gasteiger charge is -2.28. The summed E-state index contributed by atoms with van der Waals surface area (Å²) in [5, 5.41) is 1.13. The minimum Gasteiger partial charge on any atom is -0.361 e. The summed E-state index contributed by atoms with van der Waals surface area (Å²) >= 11 is 0. The number of aromatic nitrogens is 1. The Morgan fingerprint density at radius 3 is 2.36 bits per heavy atom. The Hall–Kier alpha value is -3.93. The Morgan fingerprint density at radius 1 is 0.889 bits per heavy atom. The van der Waals surface area contributed by atoms with Crippen LogP contribution < -0.4 is 0 Å². The smallest absolute Gasteiger partial charge is 0.254 e. The maximum atomic E-state index is 13.6. The van der Waals surface area contributed by atoms with Crippen molar-refractivity contribution in [1.29, 1.82) is 0 Å². The fraction of sp³-hybridized carbons (Fsp3) is 0.267. The third-order valence-corrected chi connectivity index (χ3v) is 6.45. The Balaban J connectivity index is 1.54. The van der Waals surface area contributed by atoms with Gasteiger partial charge in [0, 0.05) is 42.3 Å². The lowest BCUT2D eigenvalue weighted by Crippen LogP contribution is -2.43. The highest BCUT2D eigenvalue weighted by Crippen LogP contribution is 2.19. The molecule has 0 aliphatic carbocycles. The molecule has 0 spiro atoms. The molecular weight excluding hydrogens is 453 g/mol. The maximum Gasteiger partial charge on any atom is 0.254 e. The Morgan fingerprint density at radius 2 is 1.61 bits per heavy atom. The molecule has 1 aromatic heterocycles. The first-order chi connectivity index (χ1) is 17.5. The molecule has 0 aliphatic heterocycles. The van der Waals surface area contributed by atoms with Crippen molar-refractivity contribution >= 4 is 22.7 Å². The lowest BCUT2D eigenvalue weighted by atomic mass is 10.1. The highest BCUT2D eigenvalue weighted by Gasteiger charge is 2.23. The van der Waals surface area contributed by atoms with Gasteiger partial charge in [0.1, 0.15) is 12.4 Å². The highest BCUT2D eigenvalue weighted by molar-refractivity contribution is 5.97. The van der Waals surface area contributed by atoms with E-state index in [0.29, 0.717) is 31.6 Å². The summed E-state index contributed by atoms with van der Waals surface area (Å²) in [6.45, 7) is 5.22. The number of amides is 2. The van der Waals surface area contributed by atoms with Crippen LogP contribution in [-0.2, 0) is 17.8 Å². The van der Waals surface area contributed by atoms with Gasteiger partial charge in [0.25, 0.3) is 5.91 Å². The van der Waals surface area contributed by atoms with Crippen molar-refractivity contribution in [2.45, 2.75) is 33.2 Å². The zero-order valence-corrected chi connectivity index (χ0v) is 20.8. The molecule has 0 atom stereocenters. The summed E-state index contributed by atoms with van der Waals surface area (Å²) in [4.78, 5) is 33.6. The van der Waals surface area contributed by atoms with E-state index < -0.39 is 0 Å². The van der Waals surface area contributed by atoms with Gasteiger partial charge in [-0.15, -0.1) is 0 Å². The van der Waals surface area contributed by atoms with E-state index in [1.54, 1.807) is 28.0 Å². The second kappa shape index (κ2) is 11.7. The summed E-state index contributed by atoms with van der Waals surface area (Å²) < 4.78 is 13.5. The quantitative estimate of drug-likeness (QED) is 0.311. The topological polar surface area (TPSA) is 56.4 Å². The van der Waals surface area contributed by atoms with Gasteiger partial charge in [0.2, 0.25) is 5.91 Å². The Kier molecular flexibility index (Phi) is 8.16. The van der Waals surface area contributed by atoms with E-state index >= 15 is 0 Å². The number of hydrogen-bond acceptors (Lipinski definition) is 2. The molecule has 0 saturated carbocycles. The predicted molar refractivity (Wildman–Crippen MR) is 141 cm³/mol. The van der Waals surface area contributed by atoms with E-state index in [0.717, 1.165) is 34.0 Å². The molecule has 2 amide bonds. The molecule has 0 saturated heterocycles. The number of nitrogens with one attached hydrogen (secondary N) is 1. The minimum absolute atomic E-state index is 0.00388. The molecular formula is C30H32FN3O2. The molecule has 1 N–H and O–H groups in total. The van der Waals surface area contributed by atoms with Crippen molar-refractivity contribution in [2.24, 2.45) is 0 Å². The van der Waals surface area contributed by atoms with Gasteiger partial charge < -0.3 is 14.8 Å². The van der Waals surface area contributed by atoms with E-state index in [1.165, 1.54) is 12.1 Å². The fourth-order valence-corrected chi connectivity index (χ4v) is 4.46. The van der Waals surface area contributed by atoms with Crippen molar-refractivity contribution in [3.63, 3.8) is 0 Å². The van der Waals surface area contributed by atoms with Gasteiger partial charge in [0.15, 0.2) is 0 Å². The lowest BCUT2D eigenvalue weighted by molar-refractivity contribution is -0.132. The van der Waals surface area contributed by atoms with E-state index in [4.69, 9.17) is 0 Å². The third-order valence-electron chi connectivity index (χ3n) is 6.45. The van der Waals surface area contributed by atoms with Crippen molar-refractivity contribution < 1.29 is 14.0 Å². The number of rotatable bonds is 10. The Labute approximate surface area is 211 Å². The zero-order chi connectivity index (χ0) is 25.5. The van der Waals surface area contributed by atoms with Crippen LogP contribution in [0, 0.1) is 12.7 Å². The summed E-state index contributed by atoms with van der Waals surface area (Å²) in [5.41, 5.74) is 4.53. The van der Waals surface area contributed by atoms with Crippen molar-refractivity contribution in [1.82, 2.24) is 14.8 Å². The summed E-state index contributed by atoms with van der Waals surface area (Å²) in [6.07, 6.45) is 3.39. The van der Waals surface area contributed by atoms with Crippen LogP contribution in [0.5, 0.6) is 0 Å². The van der Waals surface area contributed by atoms with Crippen LogP contribution in [0.25, 0.3) is 10.9 Å². The highest BCUT2D eigenvalue weighted by atomic mass is 19.1. The first-order valence-electron chi connectivity index (χ1n) is 12.4. The largest absolute Gasteiger partial charge is 0.361 e. The van der Waals surface area contributed by atoms with Crippen LogP contribution in [0.4, 0.5) is 4.39 Å². The Bertz CT molecular complexity index is 1330. The summed E-state index contributed by atoms with van der Waals surface area (Å²) in [7, 11) is 0. The van der Waals surface area contributed by atoms with Crippen LogP contribution in [-0.4, -0.2) is 46.2 Å². The van der Waals surface area contributed by atoms with E-state index in [9.17, 15) is 14.0 Å². The molecule has 4 rings (SSSR count). The zero-order valence-electron chi connectivity index (χ0n) is 20.8. The van der Waals surface area contributed by atoms with Gasteiger partial charge in [0.05, 0.1) is 0 Å². The van der Waals surface area contributed by atoms with Gasteiger partial charge in [-0.25, -0.2) is 4.39 Å². The minimum atomic E-state index is -0.312. The average molecular weight is 486 g/mol. The summed E-state index contributed by atoms with van der Waals surface area (Å²) in [5.74, 6) is -0.579. The number of nitrogens with zero attached hydrogens (tertiary/aromatic N) is 2. The van der Waals surface area contributed by atoms with Crippen molar-refractivity contribution in [3.05, 3.63) is 107 Å². The molecule has 0 radical (unpaired) electrons. The van der Waals surface area contributed by atoms with Gasteiger partial charge in [-0.1, -0.05) is 55.5 Å². The summed E-state index contributed by atoms with van der Waals surface area (Å²) in [6, 6.07) is 21.7. The first kappa shape index (κ1) is 25.2. The molecule has 0 bridgehead atoms. The van der Waals surface area contributed by atoms with Gasteiger partial charge in [-0.3, -0.25) is 9.59 Å². The number of carbonyl (C=O) groups excluding carboxylic acids is 2. The number of H-pyrrole nitrogens is 1. The molecule has 0 aliphatic rings. The van der Waals surface area contributed by atoms with Gasteiger partial charge >= 0.3 is 0 Å². The molecule has 0 fully saturated rings. The van der Waals surface area contributed by atoms with Gasteiger partial charge in [-0.05, 0) is 60.7 Å². The number of para-hydroxylation sites is 1. The molecule has 4 aromatic rings. The third kappa shape index (κ3) is 6.00. The molecule has 5 nitrogen and oxygen atoms in total. The normalized spacial score (nSPS) is 11.0. The van der Waals surface area contributed by atoms with Crippen LogP contribution >= 0.6 is 0 Å². The molecule has 1 heterocycles.